The summed E-state index contributed by atoms with van der Waals surface area (Å²) in [6.07, 6.45) is 0. The van der Waals surface area contributed by atoms with E-state index in [-0.39, 0.29) is 17.9 Å². The summed E-state index contributed by atoms with van der Waals surface area (Å²) in [6, 6.07) is 10.6. The van der Waals surface area contributed by atoms with Crippen molar-refractivity contribution in [3.05, 3.63) is 65.4 Å². The maximum absolute atomic E-state index is 13.5. The third-order valence-electron chi connectivity index (χ3n) is 3.37. The fourth-order valence-corrected chi connectivity index (χ4v) is 2.37. The molecule has 0 aliphatic rings. The van der Waals surface area contributed by atoms with E-state index in [4.69, 9.17) is 0 Å². The molecule has 6 heteroatoms. The highest BCUT2D eigenvalue weighted by Gasteiger charge is 2.18. The number of aliphatic hydroxyl groups is 1. The molecular formula is C16H13F2N3O. The minimum atomic E-state index is -0.698. The Morgan fingerprint density at radius 1 is 1.09 bits per heavy atom. The van der Waals surface area contributed by atoms with Crippen LogP contribution in [0.2, 0.25) is 0 Å². The van der Waals surface area contributed by atoms with Crippen LogP contribution in [0.25, 0.3) is 16.9 Å². The van der Waals surface area contributed by atoms with Crippen molar-refractivity contribution < 1.29 is 13.9 Å². The van der Waals surface area contributed by atoms with Crippen LogP contribution in [0.3, 0.4) is 0 Å². The monoisotopic (exact) mass is 301 g/mol. The molecule has 0 saturated heterocycles. The van der Waals surface area contributed by atoms with E-state index in [9.17, 15) is 13.9 Å². The summed E-state index contributed by atoms with van der Waals surface area (Å²) in [7, 11) is 0. The lowest BCUT2D eigenvalue weighted by molar-refractivity contribution is 0.277. The first-order valence-corrected chi connectivity index (χ1v) is 6.68. The number of benzene rings is 2. The number of nitrogens with zero attached hydrogens (tertiary/aromatic N) is 3. The normalized spacial score (nSPS) is 10.9. The molecule has 0 unspecified atom stereocenters. The molecule has 3 aromatic rings. The first kappa shape index (κ1) is 14.3. The van der Waals surface area contributed by atoms with E-state index in [1.54, 1.807) is 0 Å². The lowest BCUT2D eigenvalue weighted by Gasteiger charge is -2.10. The second kappa shape index (κ2) is 5.65. The van der Waals surface area contributed by atoms with Crippen molar-refractivity contribution in [2.75, 3.05) is 0 Å². The number of aliphatic hydroxyl groups excluding tert-OH is 1. The summed E-state index contributed by atoms with van der Waals surface area (Å²) in [5, 5.41) is 17.4. The van der Waals surface area contributed by atoms with Crippen LogP contribution in [0.15, 0.2) is 42.5 Å². The Balaban J connectivity index is 2.26. The SMILES string of the molecule is Cc1ccccc1-n1nnc(CO)c1-c1cc(F)cc(F)c1. The highest BCUT2D eigenvalue weighted by atomic mass is 19.1. The number of aryl methyl sites for hydroxylation is 1. The lowest BCUT2D eigenvalue weighted by atomic mass is 10.1. The Kier molecular flexibility index (Phi) is 3.68. The summed E-state index contributed by atoms with van der Waals surface area (Å²) in [5.41, 5.74) is 2.56. The van der Waals surface area contributed by atoms with Crippen molar-refractivity contribution in [3.8, 4) is 16.9 Å². The molecule has 1 aromatic heterocycles. The smallest absolute Gasteiger partial charge is 0.126 e. The molecule has 22 heavy (non-hydrogen) atoms. The van der Waals surface area contributed by atoms with E-state index in [1.165, 1.54) is 16.8 Å². The maximum atomic E-state index is 13.5. The van der Waals surface area contributed by atoms with E-state index in [0.717, 1.165) is 17.3 Å². The predicted octanol–water partition coefficient (Wildman–Crippen LogP) is 3.01. The molecule has 0 atom stereocenters. The molecule has 0 bridgehead atoms. The number of hydrogen-bond acceptors (Lipinski definition) is 3. The third-order valence-corrected chi connectivity index (χ3v) is 3.37. The number of para-hydroxylation sites is 1. The molecule has 0 saturated carbocycles. The van der Waals surface area contributed by atoms with Gasteiger partial charge in [-0.3, -0.25) is 0 Å². The van der Waals surface area contributed by atoms with Gasteiger partial charge in [-0.25, -0.2) is 13.5 Å². The number of aromatic nitrogens is 3. The van der Waals surface area contributed by atoms with Gasteiger partial charge in [0.2, 0.25) is 0 Å². The van der Waals surface area contributed by atoms with Gasteiger partial charge in [0.25, 0.3) is 0 Å². The van der Waals surface area contributed by atoms with Gasteiger partial charge in [-0.2, -0.15) is 0 Å². The molecule has 0 amide bonds. The average Bonchev–Trinajstić information content (AvgIpc) is 2.90. The molecule has 0 fully saturated rings. The van der Waals surface area contributed by atoms with E-state index in [1.807, 2.05) is 31.2 Å². The first-order chi connectivity index (χ1) is 10.6. The summed E-state index contributed by atoms with van der Waals surface area (Å²) in [5.74, 6) is -1.40. The van der Waals surface area contributed by atoms with Gasteiger partial charge in [0.1, 0.15) is 23.0 Å². The van der Waals surface area contributed by atoms with Crippen LogP contribution in [0.1, 0.15) is 11.3 Å². The van der Waals surface area contributed by atoms with Crippen LogP contribution in [-0.2, 0) is 6.61 Å². The zero-order chi connectivity index (χ0) is 15.7. The van der Waals surface area contributed by atoms with Gasteiger partial charge in [-0.15, -0.1) is 5.10 Å². The minimum Gasteiger partial charge on any atom is -0.390 e. The van der Waals surface area contributed by atoms with E-state index < -0.39 is 11.6 Å². The van der Waals surface area contributed by atoms with Gasteiger partial charge >= 0.3 is 0 Å². The average molecular weight is 301 g/mol. The number of rotatable bonds is 3. The highest BCUT2D eigenvalue weighted by Crippen LogP contribution is 2.28. The lowest BCUT2D eigenvalue weighted by Crippen LogP contribution is -2.03. The summed E-state index contributed by atoms with van der Waals surface area (Å²) in [6.45, 7) is 1.52. The highest BCUT2D eigenvalue weighted by molar-refractivity contribution is 5.65. The molecule has 1 N–H and O–H groups in total. The number of hydrogen-bond donors (Lipinski definition) is 1. The standard InChI is InChI=1S/C16H13F2N3O/c1-10-4-2-3-5-15(10)21-16(14(9-22)19-20-21)11-6-12(17)8-13(18)7-11/h2-8,22H,9H2,1H3. The first-order valence-electron chi connectivity index (χ1n) is 6.68. The molecule has 0 spiro atoms. The van der Waals surface area contributed by atoms with Gasteiger partial charge in [0.15, 0.2) is 0 Å². The largest absolute Gasteiger partial charge is 0.390 e. The summed E-state index contributed by atoms with van der Waals surface area (Å²) >= 11 is 0. The Bertz CT molecular complexity index is 810. The van der Waals surface area contributed by atoms with Gasteiger partial charge < -0.3 is 5.11 Å². The van der Waals surface area contributed by atoms with E-state index in [2.05, 4.69) is 10.3 Å². The Labute approximate surface area is 125 Å². The zero-order valence-electron chi connectivity index (χ0n) is 11.8. The zero-order valence-corrected chi connectivity index (χ0v) is 11.8. The van der Waals surface area contributed by atoms with Gasteiger partial charge in [0, 0.05) is 11.6 Å². The topological polar surface area (TPSA) is 50.9 Å². The van der Waals surface area contributed by atoms with Crippen LogP contribution >= 0.6 is 0 Å². The Morgan fingerprint density at radius 3 is 2.41 bits per heavy atom. The van der Waals surface area contributed by atoms with Crippen LogP contribution in [0, 0.1) is 18.6 Å². The van der Waals surface area contributed by atoms with Gasteiger partial charge in [-0.1, -0.05) is 23.4 Å². The molecule has 0 aliphatic heterocycles. The van der Waals surface area contributed by atoms with Crippen LogP contribution < -0.4 is 0 Å². The third kappa shape index (κ3) is 2.48. The molecule has 4 nitrogen and oxygen atoms in total. The van der Waals surface area contributed by atoms with Crippen molar-refractivity contribution >= 4 is 0 Å². The molecule has 0 radical (unpaired) electrons. The van der Waals surface area contributed by atoms with Crippen LogP contribution in [-0.4, -0.2) is 20.1 Å². The summed E-state index contributed by atoms with van der Waals surface area (Å²) in [4.78, 5) is 0. The molecular weight excluding hydrogens is 288 g/mol. The fraction of sp³-hybridized carbons (Fsp3) is 0.125. The quantitative estimate of drug-likeness (QED) is 0.809. The van der Waals surface area contributed by atoms with E-state index in [0.29, 0.717) is 5.69 Å². The molecule has 1 heterocycles. The molecule has 3 rings (SSSR count). The maximum Gasteiger partial charge on any atom is 0.126 e. The minimum absolute atomic E-state index is 0.258. The van der Waals surface area contributed by atoms with Crippen molar-refractivity contribution in [2.45, 2.75) is 13.5 Å². The van der Waals surface area contributed by atoms with Gasteiger partial charge in [-0.05, 0) is 30.7 Å². The Hall–Kier alpha value is -2.60. The number of halogens is 2. The molecule has 0 aliphatic carbocycles. The van der Waals surface area contributed by atoms with Gasteiger partial charge in [0.05, 0.1) is 12.3 Å². The molecule has 2 aromatic carbocycles. The second-order valence-corrected chi connectivity index (χ2v) is 4.90. The van der Waals surface area contributed by atoms with E-state index >= 15 is 0 Å². The summed E-state index contributed by atoms with van der Waals surface area (Å²) < 4.78 is 28.5. The van der Waals surface area contributed by atoms with Crippen LogP contribution in [0.4, 0.5) is 8.78 Å². The second-order valence-electron chi connectivity index (χ2n) is 4.90. The van der Waals surface area contributed by atoms with Crippen molar-refractivity contribution in [2.24, 2.45) is 0 Å². The van der Waals surface area contributed by atoms with Crippen molar-refractivity contribution in [3.63, 3.8) is 0 Å². The molecule has 112 valence electrons. The van der Waals surface area contributed by atoms with Crippen LogP contribution in [0.5, 0.6) is 0 Å². The predicted molar refractivity (Wildman–Crippen MR) is 77.4 cm³/mol. The van der Waals surface area contributed by atoms with Crippen molar-refractivity contribution in [1.29, 1.82) is 0 Å². The van der Waals surface area contributed by atoms with Crippen molar-refractivity contribution in [1.82, 2.24) is 15.0 Å². The fourth-order valence-electron chi connectivity index (χ4n) is 2.37. The Morgan fingerprint density at radius 2 is 1.77 bits per heavy atom.